The monoisotopic (exact) mass is 361 g/mol. The number of hydrogen-bond donors (Lipinski definition) is 0. The maximum Gasteiger partial charge on any atom is 0.419 e. The highest BCUT2D eigenvalue weighted by Gasteiger charge is 2.35. The van der Waals surface area contributed by atoms with Gasteiger partial charge in [0.15, 0.2) is 0 Å². The molecule has 0 spiro atoms. The van der Waals surface area contributed by atoms with Gasteiger partial charge in [-0.3, -0.25) is 4.98 Å². The molecule has 0 saturated carbocycles. The highest BCUT2D eigenvalue weighted by atomic mass is 79.9. The van der Waals surface area contributed by atoms with Crippen molar-refractivity contribution >= 4 is 15.9 Å². The lowest BCUT2D eigenvalue weighted by atomic mass is 9.96. The second-order valence-electron chi connectivity index (χ2n) is 4.68. The Morgan fingerprint density at radius 1 is 1.14 bits per heavy atom. The molecule has 2 unspecified atom stereocenters. The van der Waals surface area contributed by atoms with Gasteiger partial charge in [0.05, 0.1) is 5.56 Å². The Morgan fingerprint density at radius 2 is 1.86 bits per heavy atom. The fraction of sp³-hybridized carbons (Fsp3) is 0.267. The maximum atomic E-state index is 13.3. The molecule has 0 bridgehead atoms. The summed E-state index contributed by atoms with van der Waals surface area (Å²) >= 11 is 3.38. The molecule has 2 aromatic rings. The molecule has 0 N–H and O–H groups in total. The summed E-state index contributed by atoms with van der Waals surface area (Å²) in [5.74, 6) is -1.42. The van der Waals surface area contributed by atoms with Crippen molar-refractivity contribution < 1.29 is 17.6 Å². The van der Waals surface area contributed by atoms with E-state index in [1.807, 2.05) is 13.0 Å². The topological polar surface area (TPSA) is 12.9 Å². The molecule has 0 fully saturated rings. The quantitative estimate of drug-likeness (QED) is 0.521. The summed E-state index contributed by atoms with van der Waals surface area (Å²) in [6.07, 6.45) is -3.08. The summed E-state index contributed by atoms with van der Waals surface area (Å²) in [5, 5.41) is 0. The number of nitrogens with zero attached hydrogens (tertiary/aromatic N) is 1. The summed E-state index contributed by atoms with van der Waals surface area (Å²) in [4.78, 5) is 3.79. The van der Waals surface area contributed by atoms with Gasteiger partial charge in [-0.2, -0.15) is 13.2 Å². The van der Waals surface area contributed by atoms with E-state index in [-0.39, 0.29) is 5.92 Å². The van der Waals surface area contributed by atoms with Crippen molar-refractivity contribution in [2.45, 2.75) is 23.8 Å². The number of pyridine rings is 1. The van der Waals surface area contributed by atoms with E-state index in [1.165, 1.54) is 6.07 Å². The second-order valence-corrected chi connectivity index (χ2v) is 5.67. The Balaban J connectivity index is 2.34. The maximum absolute atomic E-state index is 13.3. The molecule has 0 amide bonds. The Morgan fingerprint density at radius 3 is 2.43 bits per heavy atom. The Labute approximate surface area is 128 Å². The molecule has 1 aromatic heterocycles. The molecule has 1 aromatic carbocycles. The number of hydrogen-bond acceptors (Lipinski definition) is 1. The van der Waals surface area contributed by atoms with Crippen molar-refractivity contribution in [1.29, 1.82) is 0 Å². The average Bonchev–Trinajstić information content (AvgIpc) is 2.46. The first-order valence-corrected chi connectivity index (χ1v) is 7.14. The summed E-state index contributed by atoms with van der Waals surface area (Å²) < 4.78 is 51.6. The first-order chi connectivity index (χ1) is 9.80. The third kappa shape index (κ3) is 3.61. The zero-order chi connectivity index (χ0) is 15.6. The van der Waals surface area contributed by atoms with Gasteiger partial charge in [0.25, 0.3) is 0 Å². The largest absolute Gasteiger partial charge is 0.419 e. The summed E-state index contributed by atoms with van der Waals surface area (Å²) in [5.41, 5.74) is -0.142. The van der Waals surface area contributed by atoms with Crippen LogP contribution in [0.2, 0.25) is 0 Å². The number of halogens is 5. The lowest BCUT2D eigenvalue weighted by molar-refractivity contribution is -0.140. The van der Waals surface area contributed by atoms with Crippen molar-refractivity contribution in [3.63, 3.8) is 0 Å². The Hall–Kier alpha value is -1.43. The molecule has 112 valence electrons. The Kier molecular flexibility index (Phi) is 4.66. The summed E-state index contributed by atoms with van der Waals surface area (Å²) in [6, 6.07) is 8.41. The van der Waals surface area contributed by atoms with Crippen LogP contribution in [0.3, 0.4) is 0 Å². The van der Waals surface area contributed by atoms with Gasteiger partial charge in [-0.05, 0) is 29.8 Å². The number of aromatic nitrogens is 1. The van der Waals surface area contributed by atoms with Gasteiger partial charge in [0.1, 0.15) is 5.82 Å². The van der Waals surface area contributed by atoms with Crippen LogP contribution in [0.1, 0.15) is 34.5 Å². The van der Waals surface area contributed by atoms with Gasteiger partial charge in [0, 0.05) is 22.6 Å². The van der Waals surface area contributed by atoms with E-state index in [0.717, 1.165) is 17.8 Å². The van der Waals surface area contributed by atoms with Crippen molar-refractivity contribution in [3.8, 4) is 0 Å². The highest BCUT2D eigenvalue weighted by molar-refractivity contribution is 9.09. The van der Waals surface area contributed by atoms with Gasteiger partial charge < -0.3 is 0 Å². The number of benzene rings is 1. The smallest absolute Gasteiger partial charge is 0.261 e. The normalized spacial score (nSPS) is 14.8. The van der Waals surface area contributed by atoms with Crippen molar-refractivity contribution in [2.24, 2.45) is 0 Å². The predicted octanol–water partition coefficient (Wildman–Crippen LogP) is 5.48. The zero-order valence-electron chi connectivity index (χ0n) is 11.0. The van der Waals surface area contributed by atoms with Crippen LogP contribution in [-0.4, -0.2) is 4.98 Å². The van der Waals surface area contributed by atoms with E-state index >= 15 is 0 Å². The van der Waals surface area contributed by atoms with Crippen LogP contribution in [0.15, 0.2) is 42.6 Å². The SMILES string of the molecule is CC(c1ccccn1)C(Br)c1ccc(F)c(C(F)(F)F)c1. The fourth-order valence-electron chi connectivity index (χ4n) is 2.02. The molecule has 0 aliphatic carbocycles. The van der Waals surface area contributed by atoms with E-state index in [1.54, 1.807) is 18.3 Å². The van der Waals surface area contributed by atoms with E-state index in [2.05, 4.69) is 20.9 Å². The minimum absolute atomic E-state index is 0.155. The average molecular weight is 362 g/mol. The molecule has 0 aliphatic rings. The molecule has 0 radical (unpaired) electrons. The van der Waals surface area contributed by atoms with Gasteiger partial charge in [-0.25, -0.2) is 4.39 Å². The molecular formula is C15H12BrF4N. The third-order valence-electron chi connectivity index (χ3n) is 3.21. The first kappa shape index (κ1) is 15.9. The number of alkyl halides is 4. The van der Waals surface area contributed by atoms with Crippen LogP contribution in [-0.2, 0) is 6.18 Å². The van der Waals surface area contributed by atoms with Gasteiger partial charge >= 0.3 is 6.18 Å². The summed E-state index contributed by atoms with van der Waals surface area (Å²) in [6.45, 7) is 1.85. The van der Waals surface area contributed by atoms with Crippen LogP contribution in [0.5, 0.6) is 0 Å². The standard InChI is InChI=1S/C15H12BrF4N/c1-9(13-4-2-3-7-21-13)14(16)10-5-6-12(17)11(8-10)15(18,19)20/h2-9,14H,1H3. The van der Waals surface area contributed by atoms with E-state index in [0.29, 0.717) is 5.56 Å². The molecule has 1 heterocycles. The molecular weight excluding hydrogens is 350 g/mol. The molecule has 21 heavy (non-hydrogen) atoms. The van der Waals surface area contributed by atoms with Crippen LogP contribution >= 0.6 is 15.9 Å². The molecule has 1 nitrogen and oxygen atoms in total. The van der Waals surface area contributed by atoms with Crippen molar-refractivity contribution in [2.75, 3.05) is 0 Å². The minimum atomic E-state index is -4.71. The minimum Gasteiger partial charge on any atom is -0.261 e. The first-order valence-electron chi connectivity index (χ1n) is 6.22. The van der Waals surface area contributed by atoms with Gasteiger partial charge in [-0.1, -0.05) is 35.0 Å². The lowest BCUT2D eigenvalue weighted by Crippen LogP contribution is -2.10. The Bertz CT molecular complexity index is 613. The van der Waals surface area contributed by atoms with Crippen LogP contribution in [0, 0.1) is 5.82 Å². The van der Waals surface area contributed by atoms with Crippen LogP contribution < -0.4 is 0 Å². The molecule has 0 aliphatic heterocycles. The van der Waals surface area contributed by atoms with Crippen molar-refractivity contribution in [3.05, 3.63) is 65.2 Å². The third-order valence-corrected chi connectivity index (χ3v) is 4.53. The van der Waals surface area contributed by atoms with Crippen LogP contribution in [0.4, 0.5) is 17.6 Å². The van der Waals surface area contributed by atoms with Gasteiger partial charge in [0.2, 0.25) is 0 Å². The van der Waals surface area contributed by atoms with Crippen LogP contribution in [0.25, 0.3) is 0 Å². The van der Waals surface area contributed by atoms with E-state index in [4.69, 9.17) is 0 Å². The lowest BCUT2D eigenvalue weighted by Gasteiger charge is -2.19. The molecule has 2 rings (SSSR count). The fourth-order valence-corrected chi connectivity index (χ4v) is 2.57. The van der Waals surface area contributed by atoms with E-state index < -0.39 is 22.4 Å². The zero-order valence-corrected chi connectivity index (χ0v) is 12.6. The highest BCUT2D eigenvalue weighted by Crippen LogP contribution is 2.40. The second kappa shape index (κ2) is 6.13. The number of rotatable bonds is 3. The summed E-state index contributed by atoms with van der Waals surface area (Å²) in [7, 11) is 0. The van der Waals surface area contributed by atoms with Crippen molar-refractivity contribution in [1.82, 2.24) is 4.98 Å². The molecule has 0 saturated heterocycles. The molecule has 2 atom stereocenters. The molecule has 6 heteroatoms. The predicted molar refractivity (Wildman–Crippen MR) is 75.7 cm³/mol. The van der Waals surface area contributed by atoms with E-state index in [9.17, 15) is 17.6 Å². The van der Waals surface area contributed by atoms with Gasteiger partial charge in [-0.15, -0.1) is 0 Å².